The summed E-state index contributed by atoms with van der Waals surface area (Å²) in [7, 11) is 0. The number of aromatic nitrogens is 2. The Kier molecular flexibility index (Phi) is 6.01. The Labute approximate surface area is 112 Å². The van der Waals surface area contributed by atoms with Crippen LogP contribution in [-0.4, -0.2) is 33.6 Å². The molecular weight excluding hydrogens is 254 g/mol. The van der Waals surface area contributed by atoms with Gasteiger partial charge in [-0.1, -0.05) is 38.3 Å². The van der Waals surface area contributed by atoms with Crippen LogP contribution >= 0.6 is 11.6 Å². The molecule has 0 radical (unpaired) electrons. The van der Waals surface area contributed by atoms with Crippen molar-refractivity contribution in [2.24, 2.45) is 5.92 Å². The first-order valence-electron chi connectivity index (χ1n) is 6.02. The van der Waals surface area contributed by atoms with Crippen LogP contribution in [0.2, 0.25) is 5.15 Å². The molecule has 2 N–H and O–H groups in total. The molecule has 1 atom stereocenters. The highest BCUT2D eigenvalue weighted by Gasteiger charge is 2.17. The largest absolute Gasteiger partial charge is 0.391 e. The van der Waals surface area contributed by atoms with Crippen molar-refractivity contribution in [3.05, 3.63) is 23.2 Å². The van der Waals surface area contributed by atoms with E-state index in [-0.39, 0.29) is 29.2 Å². The lowest BCUT2D eigenvalue weighted by Crippen LogP contribution is -2.36. The van der Waals surface area contributed by atoms with Gasteiger partial charge in [0.15, 0.2) is 0 Å². The number of hydrogen-bond acceptors (Lipinski definition) is 4. The summed E-state index contributed by atoms with van der Waals surface area (Å²) in [5.41, 5.74) is 0.152. The number of hydrogen-bond donors (Lipinski definition) is 2. The Morgan fingerprint density at radius 3 is 2.67 bits per heavy atom. The Bertz CT molecular complexity index is 397. The average Bonchev–Trinajstić information content (AvgIpc) is 2.37. The number of aliphatic hydroxyl groups excluding tert-OH is 1. The van der Waals surface area contributed by atoms with E-state index in [0.717, 1.165) is 12.8 Å². The second kappa shape index (κ2) is 7.28. The molecule has 5 nitrogen and oxygen atoms in total. The van der Waals surface area contributed by atoms with E-state index in [1.165, 1.54) is 12.4 Å². The zero-order valence-corrected chi connectivity index (χ0v) is 11.3. The molecular formula is C12H18ClN3O2. The molecule has 100 valence electrons. The minimum atomic E-state index is -0.545. The fourth-order valence-electron chi connectivity index (χ4n) is 1.74. The number of halogens is 1. The number of carbonyl (C=O) groups is 1. The molecule has 1 unspecified atom stereocenters. The highest BCUT2D eigenvalue weighted by atomic mass is 35.5. The first-order chi connectivity index (χ1) is 8.58. The third kappa shape index (κ3) is 4.23. The topological polar surface area (TPSA) is 75.1 Å². The van der Waals surface area contributed by atoms with Crippen molar-refractivity contribution in [3.8, 4) is 0 Å². The Hall–Kier alpha value is -1.20. The molecule has 0 saturated heterocycles. The Morgan fingerprint density at radius 1 is 1.44 bits per heavy atom. The Balaban J connectivity index is 2.51. The summed E-state index contributed by atoms with van der Waals surface area (Å²) < 4.78 is 0. The molecule has 0 spiro atoms. The first kappa shape index (κ1) is 14.9. The smallest absolute Gasteiger partial charge is 0.271 e. The van der Waals surface area contributed by atoms with Crippen molar-refractivity contribution in [1.82, 2.24) is 15.3 Å². The van der Waals surface area contributed by atoms with Gasteiger partial charge < -0.3 is 10.4 Å². The summed E-state index contributed by atoms with van der Waals surface area (Å²) in [5.74, 6) is -0.189. The van der Waals surface area contributed by atoms with Gasteiger partial charge in [-0.15, -0.1) is 0 Å². The quantitative estimate of drug-likeness (QED) is 0.825. The van der Waals surface area contributed by atoms with Crippen molar-refractivity contribution < 1.29 is 9.90 Å². The zero-order valence-electron chi connectivity index (χ0n) is 10.6. The Morgan fingerprint density at radius 2 is 2.11 bits per heavy atom. The van der Waals surface area contributed by atoms with Crippen molar-refractivity contribution >= 4 is 17.5 Å². The van der Waals surface area contributed by atoms with Crippen LogP contribution in [0.4, 0.5) is 0 Å². The molecule has 1 heterocycles. The predicted octanol–water partition coefficient (Wildman–Crippen LogP) is 1.66. The highest BCUT2D eigenvalue weighted by molar-refractivity contribution is 6.29. The monoisotopic (exact) mass is 271 g/mol. The van der Waals surface area contributed by atoms with E-state index in [1.54, 1.807) is 0 Å². The standard InChI is InChI=1S/C12H18ClN3O2/c1-3-8(4-2)10(17)6-15-12(18)9-5-14-7-11(13)16-9/h5,7-8,10,17H,3-4,6H2,1-2H3,(H,15,18). The van der Waals surface area contributed by atoms with Gasteiger partial charge >= 0.3 is 0 Å². The fourth-order valence-corrected chi connectivity index (χ4v) is 1.89. The SMILES string of the molecule is CCC(CC)C(O)CNC(=O)c1cncc(Cl)n1. The van der Waals surface area contributed by atoms with Crippen LogP contribution in [-0.2, 0) is 0 Å². The summed E-state index contributed by atoms with van der Waals surface area (Å²) in [5, 5.41) is 12.7. The van der Waals surface area contributed by atoms with Crippen LogP contribution in [0.25, 0.3) is 0 Å². The van der Waals surface area contributed by atoms with E-state index < -0.39 is 6.10 Å². The number of nitrogens with one attached hydrogen (secondary N) is 1. The van der Waals surface area contributed by atoms with Crippen molar-refractivity contribution in [2.45, 2.75) is 32.8 Å². The van der Waals surface area contributed by atoms with Gasteiger partial charge in [0.05, 0.1) is 18.5 Å². The third-order valence-electron chi connectivity index (χ3n) is 2.90. The van der Waals surface area contributed by atoms with Crippen LogP contribution < -0.4 is 5.32 Å². The molecule has 1 aromatic rings. The second-order valence-electron chi connectivity index (χ2n) is 4.08. The van der Waals surface area contributed by atoms with Crippen LogP contribution in [0, 0.1) is 5.92 Å². The lowest BCUT2D eigenvalue weighted by Gasteiger charge is -2.20. The van der Waals surface area contributed by atoms with Crippen LogP contribution in [0.1, 0.15) is 37.2 Å². The van der Waals surface area contributed by atoms with Gasteiger partial charge in [-0.05, 0) is 5.92 Å². The van der Waals surface area contributed by atoms with E-state index >= 15 is 0 Å². The number of amides is 1. The first-order valence-corrected chi connectivity index (χ1v) is 6.40. The molecule has 0 aliphatic rings. The molecule has 0 aliphatic heterocycles. The maximum atomic E-state index is 11.7. The van der Waals surface area contributed by atoms with Gasteiger partial charge in [-0.25, -0.2) is 4.98 Å². The molecule has 1 amide bonds. The molecule has 1 aromatic heterocycles. The summed E-state index contributed by atoms with van der Waals surface area (Å²) >= 11 is 5.64. The van der Waals surface area contributed by atoms with E-state index in [0.29, 0.717) is 0 Å². The van der Waals surface area contributed by atoms with Gasteiger partial charge in [0.25, 0.3) is 5.91 Å². The van der Waals surface area contributed by atoms with E-state index in [1.807, 2.05) is 13.8 Å². The second-order valence-corrected chi connectivity index (χ2v) is 4.47. The van der Waals surface area contributed by atoms with Crippen LogP contribution in [0.3, 0.4) is 0 Å². The van der Waals surface area contributed by atoms with Gasteiger partial charge in [0.2, 0.25) is 0 Å². The summed E-state index contributed by atoms with van der Waals surface area (Å²) in [4.78, 5) is 19.3. The van der Waals surface area contributed by atoms with Gasteiger partial charge in [0.1, 0.15) is 10.8 Å². The third-order valence-corrected chi connectivity index (χ3v) is 3.08. The minimum Gasteiger partial charge on any atom is -0.391 e. The summed E-state index contributed by atoms with van der Waals surface area (Å²) in [6.07, 6.45) is 3.91. The number of carbonyl (C=O) groups excluding carboxylic acids is 1. The number of rotatable bonds is 6. The maximum absolute atomic E-state index is 11.7. The maximum Gasteiger partial charge on any atom is 0.271 e. The normalized spacial score (nSPS) is 12.5. The predicted molar refractivity (Wildman–Crippen MR) is 69.5 cm³/mol. The van der Waals surface area contributed by atoms with Crippen LogP contribution in [0.5, 0.6) is 0 Å². The van der Waals surface area contributed by atoms with E-state index in [2.05, 4.69) is 15.3 Å². The summed E-state index contributed by atoms with van der Waals surface area (Å²) in [6, 6.07) is 0. The lowest BCUT2D eigenvalue weighted by atomic mass is 9.96. The summed E-state index contributed by atoms with van der Waals surface area (Å²) in [6.45, 7) is 4.24. The molecule has 0 aromatic carbocycles. The molecule has 0 saturated carbocycles. The highest BCUT2D eigenvalue weighted by Crippen LogP contribution is 2.12. The van der Waals surface area contributed by atoms with Gasteiger partial charge in [0, 0.05) is 6.54 Å². The fraction of sp³-hybridized carbons (Fsp3) is 0.583. The molecule has 6 heteroatoms. The van der Waals surface area contributed by atoms with Crippen molar-refractivity contribution in [2.75, 3.05) is 6.54 Å². The van der Waals surface area contributed by atoms with Crippen LogP contribution in [0.15, 0.2) is 12.4 Å². The molecule has 0 fully saturated rings. The molecule has 0 aliphatic carbocycles. The zero-order chi connectivity index (χ0) is 13.5. The van der Waals surface area contributed by atoms with Gasteiger partial charge in [-0.2, -0.15) is 0 Å². The average molecular weight is 272 g/mol. The van der Waals surface area contributed by atoms with Crippen molar-refractivity contribution in [3.63, 3.8) is 0 Å². The number of nitrogens with zero attached hydrogens (tertiary/aromatic N) is 2. The van der Waals surface area contributed by atoms with Gasteiger partial charge in [-0.3, -0.25) is 9.78 Å². The van der Waals surface area contributed by atoms with E-state index in [4.69, 9.17) is 11.6 Å². The lowest BCUT2D eigenvalue weighted by molar-refractivity contribution is 0.0812. The van der Waals surface area contributed by atoms with Crippen molar-refractivity contribution in [1.29, 1.82) is 0 Å². The molecule has 1 rings (SSSR count). The van der Waals surface area contributed by atoms with E-state index in [9.17, 15) is 9.90 Å². The number of aliphatic hydroxyl groups is 1. The molecule has 18 heavy (non-hydrogen) atoms. The molecule has 0 bridgehead atoms. The minimum absolute atomic E-state index is 0.152.